The lowest BCUT2D eigenvalue weighted by atomic mass is 10.3. The van der Waals surface area contributed by atoms with Crippen molar-refractivity contribution in [1.82, 2.24) is 15.2 Å². The van der Waals surface area contributed by atoms with Gasteiger partial charge in [-0.15, -0.1) is 0 Å². The highest BCUT2D eigenvalue weighted by molar-refractivity contribution is 5.94. The number of hydrogen-bond donors (Lipinski definition) is 2. The predicted molar refractivity (Wildman–Crippen MR) is 68.9 cm³/mol. The summed E-state index contributed by atoms with van der Waals surface area (Å²) in [5.41, 5.74) is 6.21. The van der Waals surface area contributed by atoms with Crippen LogP contribution in [0.25, 0.3) is 0 Å². The SMILES string of the molecule is CCN(CC)C(=O)CNC(=O)c1ccc(N)cn1. The first-order chi connectivity index (χ1) is 8.58. The Hall–Kier alpha value is -2.11. The van der Waals surface area contributed by atoms with Gasteiger partial charge in [0.15, 0.2) is 0 Å². The fourth-order valence-electron chi connectivity index (χ4n) is 1.47. The van der Waals surface area contributed by atoms with E-state index in [0.717, 1.165) is 0 Å². The van der Waals surface area contributed by atoms with Crippen LogP contribution >= 0.6 is 0 Å². The van der Waals surface area contributed by atoms with E-state index in [1.54, 1.807) is 11.0 Å². The molecule has 0 fully saturated rings. The summed E-state index contributed by atoms with van der Waals surface area (Å²) >= 11 is 0. The molecule has 0 saturated heterocycles. The molecule has 0 aliphatic heterocycles. The molecule has 0 spiro atoms. The van der Waals surface area contributed by atoms with Gasteiger partial charge in [0.05, 0.1) is 18.4 Å². The fourth-order valence-corrected chi connectivity index (χ4v) is 1.47. The molecule has 6 heteroatoms. The average molecular weight is 250 g/mol. The van der Waals surface area contributed by atoms with Gasteiger partial charge in [-0.2, -0.15) is 0 Å². The molecular weight excluding hydrogens is 232 g/mol. The van der Waals surface area contributed by atoms with Gasteiger partial charge in [0.25, 0.3) is 5.91 Å². The van der Waals surface area contributed by atoms with Crippen LogP contribution in [0.4, 0.5) is 5.69 Å². The summed E-state index contributed by atoms with van der Waals surface area (Å²) in [6.45, 7) is 5.03. The van der Waals surface area contributed by atoms with Gasteiger partial charge in [0.2, 0.25) is 5.91 Å². The topological polar surface area (TPSA) is 88.3 Å². The summed E-state index contributed by atoms with van der Waals surface area (Å²) in [5.74, 6) is -0.487. The summed E-state index contributed by atoms with van der Waals surface area (Å²) < 4.78 is 0. The molecular formula is C12H18N4O2. The molecule has 0 radical (unpaired) electrons. The number of pyridine rings is 1. The largest absolute Gasteiger partial charge is 0.397 e. The monoisotopic (exact) mass is 250 g/mol. The predicted octanol–water partition coefficient (Wildman–Crippen LogP) is 0.262. The molecule has 0 saturated carbocycles. The van der Waals surface area contributed by atoms with Gasteiger partial charge in [-0.3, -0.25) is 9.59 Å². The smallest absolute Gasteiger partial charge is 0.270 e. The van der Waals surface area contributed by atoms with Gasteiger partial charge in [-0.25, -0.2) is 4.98 Å². The molecule has 0 aliphatic carbocycles. The highest BCUT2D eigenvalue weighted by Gasteiger charge is 2.12. The fraction of sp³-hybridized carbons (Fsp3) is 0.417. The normalized spacial score (nSPS) is 9.89. The molecule has 2 amide bonds. The zero-order chi connectivity index (χ0) is 13.5. The molecule has 18 heavy (non-hydrogen) atoms. The van der Waals surface area contributed by atoms with Gasteiger partial charge in [0.1, 0.15) is 5.69 Å². The van der Waals surface area contributed by atoms with Gasteiger partial charge in [-0.1, -0.05) is 0 Å². The van der Waals surface area contributed by atoms with Crippen molar-refractivity contribution in [3.05, 3.63) is 24.0 Å². The third-order valence-corrected chi connectivity index (χ3v) is 2.54. The van der Waals surface area contributed by atoms with Crippen LogP contribution in [0.15, 0.2) is 18.3 Å². The third-order valence-electron chi connectivity index (χ3n) is 2.54. The maximum Gasteiger partial charge on any atom is 0.270 e. The van der Waals surface area contributed by atoms with Gasteiger partial charge in [0, 0.05) is 13.1 Å². The highest BCUT2D eigenvalue weighted by Crippen LogP contribution is 2.00. The maximum atomic E-state index is 11.7. The van der Waals surface area contributed by atoms with Crippen molar-refractivity contribution in [2.24, 2.45) is 0 Å². The molecule has 1 aromatic rings. The third kappa shape index (κ3) is 3.73. The Bertz CT molecular complexity index is 413. The second-order valence-electron chi connectivity index (χ2n) is 3.73. The van der Waals surface area contributed by atoms with Crippen LogP contribution in [0.1, 0.15) is 24.3 Å². The van der Waals surface area contributed by atoms with E-state index in [-0.39, 0.29) is 24.1 Å². The van der Waals surface area contributed by atoms with Crippen LogP contribution < -0.4 is 11.1 Å². The Labute approximate surface area is 106 Å². The number of likely N-dealkylation sites (N-methyl/N-ethyl adjacent to an activating group) is 1. The second-order valence-corrected chi connectivity index (χ2v) is 3.73. The molecule has 98 valence electrons. The number of rotatable bonds is 5. The molecule has 0 bridgehead atoms. The van der Waals surface area contributed by atoms with Crippen molar-refractivity contribution in [3.8, 4) is 0 Å². The van der Waals surface area contributed by atoms with Crippen molar-refractivity contribution in [2.45, 2.75) is 13.8 Å². The number of hydrogen-bond acceptors (Lipinski definition) is 4. The van der Waals surface area contributed by atoms with E-state index in [4.69, 9.17) is 5.73 Å². The minimum Gasteiger partial charge on any atom is -0.397 e. The number of nitrogens with two attached hydrogens (primary N) is 1. The summed E-state index contributed by atoms with van der Waals surface area (Å²) in [6.07, 6.45) is 1.40. The van der Waals surface area contributed by atoms with Crippen molar-refractivity contribution < 1.29 is 9.59 Å². The van der Waals surface area contributed by atoms with E-state index in [0.29, 0.717) is 18.8 Å². The summed E-state index contributed by atoms with van der Waals surface area (Å²) in [5, 5.41) is 2.53. The lowest BCUT2D eigenvalue weighted by Crippen LogP contribution is -2.40. The van der Waals surface area contributed by atoms with Crippen molar-refractivity contribution in [3.63, 3.8) is 0 Å². The summed E-state index contributed by atoms with van der Waals surface area (Å²) in [4.78, 5) is 28.9. The second kappa shape index (κ2) is 6.58. The number of anilines is 1. The minimum absolute atomic E-state index is 0.0213. The van der Waals surface area contributed by atoms with E-state index in [2.05, 4.69) is 10.3 Å². The zero-order valence-corrected chi connectivity index (χ0v) is 10.6. The quantitative estimate of drug-likeness (QED) is 0.784. The molecule has 1 rings (SSSR count). The number of nitrogen functional groups attached to an aromatic ring is 1. The van der Waals surface area contributed by atoms with Crippen molar-refractivity contribution in [2.75, 3.05) is 25.4 Å². The highest BCUT2D eigenvalue weighted by atomic mass is 16.2. The summed E-state index contributed by atoms with van der Waals surface area (Å²) in [7, 11) is 0. The summed E-state index contributed by atoms with van der Waals surface area (Å²) in [6, 6.07) is 3.11. The number of carbonyl (C=O) groups is 2. The first kappa shape index (κ1) is 14.0. The van der Waals surface area contributed by atoms with E-state index < -0.39 is 0 Å². The lowest BCUT2D eigenvalue weighted by molar-refractivity contribution is -0.129. The van der Waals surface area contributed by atoms with E-state index >= 15 is 0 Å². The zero-order valence-electron chi connectivity index (χ0n) is 10.6. The molecule has 0 unspecified atom stereocenters. The maximum absolute atomic E-state index is 11.7. The van der Waals surface area contributed by atoms with Gasteiger partial charge in [-0.05, 0) is 26.0 Å². The van der Waals surface area contributed by atoms with E-state index in [9.17, 15) is 9.59 Å². The van der Waals surface area contributed by atoms with Crippen molar-refractivity contribution in [1.29, 1.82) is 0 Å². The van der Waals surface area contributed by atoms with Gasteiger partial charge >= 0.3 is 0 Å². The molecule has 0 aromatic carbocycles. The van der Waals surface area contributed by atoms with Crippen LogP contribution in [0.5, 0.6) is 0 Å². The van der Waals surface area contributed by atoms with E-state index in [1.807, 2.05) is 13.8 Å². The van der Waals surface area contributed by atoms with Crippen LogP contribution in [-0.4, -0.2) is 41.3 Å². The number of nitrogens with one attached hydrogen (secondary N) is 1. The van der Waals surface area contributed by atoms with Crippen LogP contribution in [0, 0.1) is 0 Å². The van der Waals surface area contributed by atoms with Gasteiger partial charge < -0.3 is 16.0 Å². The van der Waals surface area contributed by atoms with Crippen LogP contribution in [-0.2, 0) is 4.79 Å². The number of nitrogens with zero attached hydrogens (tertiary/aromatic N) is 2. The Morgan fingerprint density at radius 1 is 1.33 bits per heavy atom. The average Bonchev–Trinajstić information content (AvgIpc) is 2.38. The molecule has 0 atom stereocenters. The minimum atomic E-state index is -0.379. The molecule has 1 heterocycles. The van der Waals surface area contributed by atoms with Crippen LogP contribution in [0.2, 0.25) is 0 Å². The first-order valence-corrected chi connectivity index (χ1v) is 5.86. The molecule has 6 nitrogen and oxygen atoms in total. The molecule has 0 aliphatic rings. The van der Waals surface area contributed by atoms with Crippen molar-refractivity contribution >= 4 is 17.5 Å². The van der Waals surface area contributed by atoms with Crippen LogP contribution in [0.3, 0.4) is 0 Å². The Morgan fingerprint density at radius 2 is 2.00 bits per heavy atom. The molecule has 3 N–H and O–H groups in total. The first-order valence-electron chi connectivity index (χ1n) is 5.86. The number of aromatic nitrogens is 1. The molecule has 1 aromatic heterocycles. The van der Waals surface area contributed by atoms with E-state index in [1.165, 1.54) is 12.3 Å². The number of amides is 2. The Morgan fingerprint density at radius 3 is 2.50 bits per heavy atom. The standard InChI is InChI=1S/C12H18N4O2/c1-3-16(4-2)11(17)8-15-12(18)10-6-5-9(13)7-14-10/h5-7H,3-4,8,13H2,1-2H3,(H,15,18). The Balaban J connectivity index is 2.51. The number of carbonyl (C=O) groups excluding carboxylic acids is 2. The Kier molecular flexibility index (Phi) is 5.10. The lowest BCUT2D eigenvalue weighted by Gasteiger charge is -2.18.